The highest BCUT2D eigenvalue weighted by Crippen LogP contribution is 2.43. The summed E-state index contributed by atoms with van der Waals surface area (Å²) in [6.07, 6.45) is 1.35. The Kier molecular flexibility index (Phi) is 6.01. The molecule has 2 N–H and O–H groups in total. The van der Waals surface area contributed by atoms with Crippen LogP contribution < -0.4 is 0 Å². The third-order valence-corrected chi connectivity index (χ3v) is 4.83. The van der Waals surface area contributed by atoms with E-state index in [0.29, 0.717) is 12.8 Å². The van der Waals surface area contributed by atoms with Crippen LogP contribution in [0.3, 0.4) is 0 Å². The summed E-state index contributed by atoms with van der Waals surface area (Å²) < 4.78 is 6.88. The Bertz CT molecular complexity index is 500. The van der Waals surface area contributed by atoms with Crippen molar-refractivity contribution in [2.45, 2.75) is 44.8 Å². The number of aliphatic hydroxyl groups excluding tert-OH is 1. The second-order valence-corrected chi connectivity index (χ2v) is 7.16. The monoisotopic (exact) mass is 370 g/mol. The van der Waals surface area contributed by atoms with Crippen molar-refractivity contribution in [2.24, 2.45) is 11.8 Å². The number of aliphatic hydroxyl groups is 1. The van der Waals surface area contributed by atoms with E-state index in [9.17, 15) is 15.0 Å². The van der Waals surface area contributed by atoms with Crippen molar-refractivity contribution in [3.63, 3.8) is 0 Å². The van der Waals surface area contributed by atoms with E-state index in [1.54, 1.807) is 0 Å². The van der Waals surface area contributed by atoms with Gasteiger partial charge in [0, 0.05) is 11.1 Å². The zero-order valence-corrected chi connectivity index (χ0v) is 14.5. The maximum atomic E-state index is 11.7. The van der Waals surface area contributed by atoms with Gasteiger partial charge in [0.15, 0.2) is 0 Å². The first-order valence-corrected chi connectivity index (χ1v) is 8.46. The Labute approximate surface area is 139 Å². The molecule has 1 aromatic rings. The maximum absolute atomic E-state index is 11.7. The normalized spacial score (nSPS) is 28.8. The van der Waals surface area contributed by atoms with Crippen molar-refractivity contribution in [1.82, 2.24) is 0 Å². The SMILES string of the molecule is CC(C)OC1CC(CO)C(C(=O)O)C(c2ccc(Br)cc2)C1. The van der Waals surface area contributed by atoms with Crippen LogP contribution in [-0.2, 0) is 9.53 Å². The lowest BCUT2D eigenvalue weighted by Gasteiger charge is -2.40. The molecule has 5 heteroatoms. The Hall–Kier alpha value is -0.910. The van der Waals surface area contributed by atoms with E-state index < -0.39 is 11.9 Å². The first-order chi connectivity index (χ1) is 10.4. The Morgan fingerprint density at radius 1 is 1.32 bits per heavy atom. The first kappa shape index (κ1) is 17.4. The fourth-order valence-corrected chi connectivity index (χ4v) is 3.71. The van der Waals surface area contributed by atoms with Crippen molar-refractivity contribution < 1.29 is 19.7 Å². The summed E-state index contributed by atoms with van der Waals surface area (Å²) in [7, 11) is 0. The van der Waals surface area contributed by atoms with Gasteiger partial charge in [-0.2, -0.15) is 0 Å². The van der Waals surface area contributed by atoms with Crippen LogP contribution in [0, 0.1) is 11.8 Å². The lowest BCUT2D eigenvalue weighted by molar-refractivity contribution is -0.149. The highest BCUT2D eigenvalue weighted by Gasteiger charge is 2.43. The van der Waals surface area contributed by atoms with Crippen LogP contribution in [0.4, 0.5) is 0 Å². The molecule has 22 heavy (non-hydrogen) atoms. The average Bonchev–Trinajstić information content (AvgIpc) is 2.46. The van der Waals surface area contributed by atoms with Gasteiger partial charge in [0.25, 0.3) is 0 Å². The minimum Gasteiger partial charge on any atom is -0.481 e. The van der Waals surface area contributed by atoms with E-state index in [1.807, 2.05) is 38.1 Å². The minimum absolute atomic E-state index is 0.0126. The number of carbonyl (C=O) groups is 1. The van der Waals surface area contributed by atoms with Gasteiger partial charge in [0.05, 0.1) is 18.1 Å². The number of carboxylic acid groups (broad SMARTS) is 1. The maximum Gasteiger partial charge on any atom is 0.307 e. The van der Waals surface area contributed by atoms with Crippen molar-refractivity contribution in [3.8, 4) is 0 Å². The molecule has 0 amide bonds. The van der Waals surface area contributed by atoms with Crippen molar-refractivity contribution in [3.05, 3.63) is 34.3 Å². The molecule has 1 fully saturated rings. The summed E-state index contributed by atoms with van der Waals surface area (Å²) in [5, 5.41) is 19.3. The van der Waals surface area contributed by atoms with Crippen molar-refractivity contribution in [1.29, 1.82) is 0 Å². The third-order valence-electron chi connectivity index (χ3n) is 4.31. The molecule has 2 rings (SSSR count). The van der Waals surface area contributed by atoms with Gasteiger partial charge < -0.3 is 14.9 Å². The van der Waals surface area contributed by atoms with Crippen LogP contribution in [0.25, 0.3) is 0 Å². The predicted octanol–water partition coefficient (Wildman–Crippen LogP) is 3.43. The standard InChI is InChI=1S/C17H23BrO4/c1-10(2)22-14-7-12(9-19)16(17(20)21)15(8-14)11-3-5-13(18)6-4-11/h3-6,10,12,14-16,19H,7-9H2,1-2H3,(H,20,21). The van der Waals surface area contributed by atoms with Crippen LogP contribution >= 0.6 is 15.9 Å². The van der Waals surface area contributed by atoms with Crippen molar-refractivity contribution in [2.75, 3.05) is 6.61 Å². The minimum atomic E-state index is -0.838. The van der Waals surface area contributed by atoms with Gasteiger partial charge in [0.2, 0.25) is 0 Å². The molecule has 1 aliphatic rings. The lowest BCUT2D eigenvalue weighted by Crippen LogP contribution is -2.41. The summed E-state index contributed by atoms with van der Waals surface area (Å²) in [6.45, 7) is 3.83. The number of aliphatic carboxylic acids is 1. The molecule has 4 nitrogen and oxygen atoms in total. The number of hydrogen-bond acceptors (Lipinski definition) is 3. The molecule has 1 aliphatic carbocycles. The van der Waals surface area contributed by atoms with Crippen LogP contribution in [0.15, 0.2) is 28.7 Å². The fourth-order valence-electron chi connectivity index (χ4n) is 3.45. The first-order valence-electron chi connectivity index (χ1n) is 7.67. The average molecular weight is 371 g/mol. The Balaban J connectivity index is 2.30. The summed E-state index contributed by atoms with van der Waals surface area (Å²) in [5.41, 5.74) is 0.992. The molecule has 4 unspecified atom stereocenters. The van der Waals surface area contributed by atoms with Crippen LogP contribution in [0.1, 0.15) is 38.2 Å². The number of ether oxygens (including phenoxy) is 1. The van der Waals surface area contributed by atoms with Gasteiger partial charge in [0.1, 0.15) is 0 Å². The molecule has 4 atom stereocenters. The molecule has 1 aromatic carbocycles. The highest BCUT2D eigenvalue weighted by molar-refractivity contribution is 9.10. The largest absolute Gasteiger partial charge is 0.481 e. The molecule has 0 aliphatic heterocycles. The lowest BCUT2D eigenvalue weighted by atomic mass is 9.68. The number of carboxylic acids is 1. The zero-order valence-electron chi connectivity index (χ0n) is 12.9. The fraction of sp³-hybridized carbons (Fsp3) is 0.588. The molecule has 0 spiro atoms. The van der Waals surface area contributed by atoms with E-state index in [2.05, 4.69) is 15.9 Å². The number of hydrogen-bond donors (Lipinski definition) is 2. The Morgan fingerprint density at radius 3 is 2.45 bits per heavy atom. The second-order valence-electron chi connectivity index (χ2n) is 6.24. The number of rotatable bonds is 5. The van der Waals surface area contributed by atoms with Crippen molar-refractivity contribution >= 4 is 21.9 Å². The quantitative estimate of drug-likeness (QED) is 0.832. The smallest absolute Gasteiger partial charge is 0.307 e. The summed E-state index contributed by atoms with van der Waals surface area (Å²) in [6, 6.07) is 7.76. The molecule has 0 heterocycles. The zero-order chi connectivity index (χ0) is 16.3. The second kappa shape index (κ2) is 7.57. The van der Waals surface area contributed by atoms with Gasteiger partial charge in [-0.25, -0.2) is 0 Å². The molecule has 0 aromatic heterocycles. The van der Waals surface area contributed by atoms with E-state index in [4.69, 9.17) is 4.74 Å². The van der Waals surface area contributed by atoms with Gasteiger partial charge in [-0.3, -0.25) is 4.79 Å². The van der Waals surface area contributed by atoms with Crippen LogP contribution in [0.5, 0.6) is 0 Å². The summed E-state index contributed by atoms with van der Waals surface area (Å²) in [4.78, 5) is 11.7. The third kappa shape index (κ3) is 4.09. The van der Waals surface area contributed by atoms with Gasteiger partial charge in [-0.1, -0.05) is 28.1 Å². The topological polar surface area (TPSA) is 66.8 Å². The van der Waals surface area contributed by atoms with Crippen LogP contribution in [-0.4, -0.2) is 35.0 Å². The molecule has 0 saturated heterocycles. The molecular weight excluding hydrogens is 348 g/mol. The van der Waals surface area contributed by atoms with Gasteiger partial charge in [-0.15, -0.1) is 0 Å². The highest BCUT2D eigenvalue weighted by atomic mass is 79.9. The number of benzene rings is 1. The molecule has 122 valence electrons. The summed E-state index contributed by atoms with van der Waals surface area (Å²) in [5.74, 6) is -1.82. The van der Waals surface area contributed by atoms with E-state index in [1.165, 1.54) is 0 Å². The molecule has 0 radical (unpaired) electrons. The predicted molar refractivity (Wildman–Crippen MR) is 87.8 cm³/mol. The van der Waals surface area contributed by atoms with Crippen LogP contribution in [0.2, 0.25) is 0 Å². The van der Waals surface area contributed by atoms with E-state index in [0.717, 1.165) is 10.0 Å². The van der Waals surface area contributed by atoms with E-state index in [-0.39, 0.29) is 30.7 Å². The molecular formula is C17H23BrO4. The molecule has 0 bridgehead atoms. The van der Waals surface area contributed by atoms with Gasteiger partial charge in [-0.05, 0) is 56.2 Å². The number of halogens is 1. The van der Waals surface area contributed by atoms with E-state index >= 15 is 0 Å². The summed E-state index contributed by atoms with van der Waals surface area (Å²) >= 11 is 3.40. The Morgan fingerprint density at radius 2 is 1.95 bits per heavy atom. The molecule has 1 saturated carbocycles. The van der Waals surface area contributed by atoms with Gasteiger partial charge >= 0.3 is 5.97 Å².